The summed E-state index contributed by atoms with van der Waals surface area (Å²) in [4.78, 5) is 11.6. The van der Waals surface area contributed by atoms with Crippen LogP contribution in [-0.2, 0) is 4.79 Å². The van der Waals surface area contributed by atoms with Gasteiger partial charge < -0.3 is 10.6 Å². The van der Waals surface area contributed by atoms with Crippen LogP contribution in [0.4, 0.5) is 4.39 Å². The second-order valence-electron chi connectivity index (χ2n) is 7.94. The van der Waals surface area contributed by atoms with Crippen LogP contribution in [0, 0.1) is 11.7 Å². The summed E-state index contributed by atoms with van der Waals surface area (Å²) in [5, 5.41) is 7.07. The number of piperidine rings is 1. The van der Waals surface area contributed by atoms with Gasteiger partial charge in [-0.25, -0.2) is 4.39 Å². The van der Waals surface area contributed by atoms with Crippen LogP contribution in [0.15, 0.2) is 18.2 Å². The summed E-state index contributed by atoms with van der Waals surface area (Å²) in [5.74, 6) is 1.07. The van der Waals surface area contributed by atoms with Gasteiger partial charge in [-0.1, -0.05) is 17.7 Å². The van der Waals surface area contributed by atoms with Gasteiger partial charge >= 0.3 is 0 Å². The highest BCUT2D eigenvalue weighted by molar-refractivity contribution is 6.31. The van der Waals surface area contributed by atoms with Gasteiger partial charge in [-0.2, -0.15) is 0 Å². The zero-order valence-corrected chi connectivity index (χ0v) is 15.7. The Morgan fingerprint density at radius 2 is 2.08 bits per heavy atom. The van der Waals surface area contributed by atoms with Crippen LogP contribution in [-0.4, -0.2) is 24.5 Å². The molecule has 1 unspecified atom stereocenters. The van der Waals surface area contributed by atoms with Crippen molar-refractivity contribution in [3.63, 3.8) is 0 Å². The van der Waals surface area contributed by atoms with Gasteiger partial charge in [0.2, 0.25) is 5.91 Å². The molecule has 25 heavy (non-hydrogen) atoms. The first-order chi connectivity index (χ1) is 12.0. The van der Waals surface area contributed by atoms with E-state index in [0.717, 1.165) is 50.3 Å². The molecule has 2 aliphatic rings. The smallest absolute Gasteiger partial charge is 0.221 e. The predicted octanol–water partition coefficient (Wildman–Crippen LogP) is 4.40. The summed E-state index contributed by atoms with van der Waals surface area (Å²) in [5.41, 5.74) is 1.04. The van der Waals surface area contributed by atoms with Crippen molar-refractivity contribution in [2.45, 2.75) is 63.3 Å². The average Bonchev–Trinajstić information content (AvgIpc) is 2.55. The maximum absolute atomic E-state index is 13.2. The lowest BCUT2D eigenvalue weighted by Crippen LogP contribution is -2.52. The molecule has 0 aromatic heterocycles. The molecule has 3 rings (SSSR count). The van der Waals surface area contributed by atoms with Gasteiger partial charge in [0, 0.05) is 23.5 Å². The number of rotatable bonds is 5. The molecule has 138 valence electrons. The van der Waals surface area contributed by atoms with Crippen molar-refractivity contribution in [3.8, 4) is 0 Å². The normalized spacial score (nSPS) is 30.1. The van der Waals surface area contributed by atoms with Crippen LogP contribution in [0.5, 0.6) is 0 Å². The van der Waals surface area contributed by atoms with Crippen molar-refractivity contribution in [1.82, 2.24) is 10.6 Å². The molecule has 2 fully saturated rings. The first-order valence-corrected chi connectivity index (χ1v) is 9.80. The van der Waals surface area contributed by atoms with E-state index in [1.807, 2.05) is 6.07 Å². The zero-order chi connectivity index (χ0) is 17.9. The molecule has 0 bridgehead atoms. The summed E-state index contributed by atoms with van der Waals surface area (Å²) in [6, 6.07) is 4.78. The van der Waals surface area contributed by atoms with Crippen LogP contribution in [0.2, 0.25) is 5.02 Å². The van der Waals surface area contributed by atoms with Crippen molar-refractivity contribution in [2.75, 3.05) is 13.1 Å². The van der Waals surface area contributed by atoms with Gasteiger partial charge in [0.05, 0.1) is 0 Å². The third kappa shape index (κ3) is 4.95. The minimum atomic E-state index is -0.265. The average molecular weight is 367 g/mol. The SMILES string of the molecule is CC1(NCCC2CCC(c3ccc(F)cc3Cl)CC2)CCNC(=O)C1. The maximum Gasteiger partial charge on any atom is 0.221 e. The largest absolute Gasteiger partial charge is 0.356 e. The number of nitrogens with one attached hydrogen (secondary N) is 2. The highest BCUT2D eigenvalue weighted by Crippen LogP contribution is 2.39. The topological polar surface area (TPSA) is 41.1 Å². The van der Waals surface area contributed by atoms with Crippen LogP contribution >= 0.6 is 11.6 Å². The Labute approximate surface area is 154 Å². The van der Waals surface area contributed by atoms with E-state index in [4.69, 9.17) is 11.6 Å². The molecule has 0 radical (unpaired) electrons. The molecule has 5 heteroatoms. The van der Waals surface area contributed by atoms with Gasteiger partial charge in [-0.15, -0.1) is 0 Å². The summed E-state index contributed by atoms with van der Waals surface area (Å²) in [6.45, 7) is 3.89. The Bertz CT molecular complexity index is 616. The first kappa shape index (κ1) is 18.7. The molecule has 0 spiro atoms. The van der Waals surface area contributed by atoms with Gasteiger partial charge in [-0.3, -0.25) is 4.79 Å². The van der Waals surface area contributed by atoms with Gasteiger partial charge in [0.1, 0.15) is 5.82 Å². The number of hydrogen-bond donors (Lipinski definition) is 2. The third-order valence-corrected chi connectivity index (χ3v) is 6.23. The maximum atomic E-state index is 13.2. The van der Waals surface area contributed by atoms with Crippen molar-refractivity contribution in [1.29, 1.82) is 0 Å². The van der Waals surface area contributed by atoms with E-state index in [0.29, 0.717) is 17.4 Å². The molecule has 2 N–H and O–H groups in total. The third-order valence-electron chi connectivity index (χ3n) is 5.90. The zero-order valence-electron chi connectivity index (χ0n) is 14.9. The van der Waals surface area contributed by atoms with Crippen molar-refractivity contribution < 1.29 is 9.18 Å². The number of amides is 1. The van der Waals surface area contributed by atoms with E-state index in [1.165, 1.54) is 25.0 Å². The van der Waals surface area contributed by atoms with Crippen LogP contribution in [0.25, 0.3) is 0 Å². The molecule has 1 amide bonds. The van der Waals surface area contributed by atoms with Crippen LogP contribution in [0.3, 0.4) is 0 Å². The fourth-order valence-electron chi connectivity index (χ4n) is 4.31. The molecule has 1 aliphatic heterocycles. The molecule has 1 saturated heterocycles. The molecule has 1 atom stereocenters. The standard InChI is InChI=1S/C20H28ClFN2O/c1-20(9-11-23-19(25)13-20)24-10-8-14-2-4-15(5-3-14)17-7-6-16(22)12-18(17)21/h6-7,12,14-15,24H,2-5,8-11,13H2,1H3,(H,23,25). The highest BCUT2D eigenvalue weighted by atomic mass is 35.5. The van der Waals surface area contributed by atoms with E-state index in [-0.39, 0.29) is 17.3 Å². The van der Waals surface area contributed by atoms with Crippen molar-refractivity contribution in [3.05, 3.63) is 34.6 Å². The van der Waals surface area contributed by atoms with Crippen LogP contribution in [0.1, 0.15) is 63.4 Å². The van der Waals surface area contributed by atoms with Crippen molar-refractivity contribution >= 4 is 17.5 Å². The predicted molar refractivity (Wildman–Crippen MR) is 99.4 cm³/mol. The minimum absolute atomic E-state index is 0.0544. The summed E-state index contributed by atoms with van der Waals surface area (Å²) in [7, 11) is 0. The molecule has 1 aromatic rings. The van der Waals surface area contributed by atoms with E-state index < -0.39 is 0 Å². The number of halogens is 2. The van der Waals surface area contributed by atoms with E-state index in [9.17, 15) is 9.18 Å². The Hall–Kier alpha value is -1.13. The summed E-state index contributed by atoms with van der Waals surface area (Å²) in [6.07, 6.45) is 7.35. The van der Waals surface area contributed by atoms with Gasteiger partial charge in [0.15, 0.2) is 0 Å². The Balaban J connectivity index is 1.43. The fourth-order valence-corrected chi connectivity index (χ4v) is 4.63. The molecule has 3 nitrogen and oxygen atoms in total. The molecular formula is C20H28ClFN2O. The second-order valence-corrected chi connectivity index (χ2v) is 8.34. The molecule has 1 saturated carbocycles. The lowest BCUT2D eigenvalue weighted by Gasteiger charge is -2.35. The first-order valence-electron chi connectivity index (χ1n) is 9.42. The Morgan fingerprint density at radius 1 is 1.32 bits per heavy atom. The quantitative estimate of drug-likeness (QED) is 0.810. The minimum Gasteiger partial charge on any atom is -0.356 e. The molecule has 1 aromatic carbocycles. The number of carbonyl (C=O) groups is 1. The lowest BCUT2D eigenvalue weighted by atomic mass is 9.77. The van der Waals surface area contributed by atoms with E-state index >= 15 is 0 Å². The Kier molecular flexibility index (Phi) is 6.00. The summed E-state index contributed by atoms with van der Waals surface area (Å²) >= 11 is 6.21. The van der Waals surface area contributed by atoms with Gasteiger partial charge in [-0.05, 0) is 81.5 Å². The molecule has 1 aliphatic carbocycles. The molecule has 1 heterocycles. The monoisotopic (exact) mass is 366 g/mol. The summed E-state index contributed by atoms with van der Waals surface area (Å²) < 4.78 is 13.2. The highest BCUT2D eigenvalue weighted by Gasteiger charge is 2.31. The van der Waals surface area contributed by atoms with E-state index in [1.54, 1.807) is 0 Å². The Morgan fingerprint density at radius 3 is 2.76 bits per heavy atom. The molecular weight excluding hydrogens is 339 g/mol. The second kappa shape index (κ2) is 8.05. The van der Waals surface area contributed by atoms with Gasteiger partial charge in [0.25, 0.3) is 0 Å². The van der Waals surface area contributed by atoms with E-state index in [2.05, 4.69) is 17.6 Å². The fraction of sp³-hybridized carbons (Fsp3) is 0.650. The van der Waals surface area contributed by atoms with Crippen LogP contribution < -0.4 is 10.6 Å². The lowest BCUT2D eigenvalue weighted by molar-refractivity contribution is -0.124. The van der Waals surface area contributed by atoms with Crippen molar-refractivity contribution in [2.24, 2.45) is 5.92 Å². The number of benzene rings is 1. The number of carbonyl (C=O) groups excluding carboxylic acids is 1. The number of hydrogen-bond acceptors (Lipinski definition) is 2.